The van der Waals surface area contributed by atoms with E-state index in [2.05, 4.69) is 10.6 Å². The fourth-order valence-electron chi connectivity index (χ4n) is 4.51. The number of amides is 2. The van der Waals surface area contributed by atoms with Gasteiger partial charge in [-0.3, -0.25) is 14.4 Å². The van der Waals surface area contributed by atoms with E-state index >= 15 is 0 Å². The molecule has 176 valence electrons. The Morgan fingerprint density at radius 2 is 1.88 bits per heavy atom. The zero-order valence-electron chi connectivity index (χ0n) is 18.8. The first-order chi connectivity index (χ1) is 14.9. The van der Waals surface area contributed by atoms with Gasteiger partial charge in [-0.05, 0) is 41.4 Å². The van der Waals surface area contributed by atoms with E-state index in [4.69, 9.17) is 0 Å². The molecular weight excluding hydrogens is 421 g/mol. The van der Waals surface area contributed by atoms with Gasteiger partial charge in [0.25, 0.3) is 0 Å². The van der Waals surface area contributed by atoms with Crippen LogP contribution in [-0.2, 0) is 26.2 Å². The number of halogens is 3. The number of hydrogen-bond donors (Lipinski definition) is 2. The van der Waals surface area contributed by atoms with E-state index < -0.39 is 35.5 Å². The Kier molecular flexibility index (Phi) is 7.00. The maximum Gasteiger partial charge on any atom is 0.248 e. The van der Waals surface area contributed by atoms with Gasteiger partial charge in [0.1, 0.15) is 5.82 Å². The van der Waals surface area contributed by atoms with Crippen LogP contribution >= 0.6 is 0 Å². The van der Waals surface area contributed by atoms with E-state index in [9.17, 15) is 27.6 Å². The minimum absolute atomic E-state index is 0.0367. The van der Waals surface area contributed by atoms with Gasteiger partial charge in [-0.15, -0.1) is 0 Å². The van der Waals surface area contributed by atoms with Crippen molar-refractivity contribution in [3.8, 4) is 0 Å². The maximum absolute atomic E-state index is 14.6. The number of nitrogens with one attached hydrogen (secondary N) is 2. The summed E-state index contributed by atoms with van der Waals surface area (Å²) in [4.78, 5) is 37.3. The van der Waals surface area contributed by atoms with Crippen molar-refractivity contribution in [3.05, 3.63) is 35.1 Å². The van der Waals surface area contributed by atoms with Gasteiger partial charge < -0.3 is 10.6 Å². The predicted molar refractivity (Wildman–Crippen MR) is 114 cm³/mol. The summed E-state index contributed by atoms with van der Waals surface area (Å²) in [5.41, 5.74) is 0.619. The molecule has 1 aliphatic heterocycles. The van der Waals surface area contributed by atoms with Gasteiger partial charge in [-0.2, -0.15) is 0 Å². The molecule has 0 radical (unpaired) electrons. The minimum Gasteiger partial charge on any atom is -0.355 e. The monoisotopic (exact) mass is 452 g/mol. The summed E-state index contributed by atoms with van der Waals surface area (Å²) in [7, 11) is 0. The molecular formula is C24H31F3N2O3. The summed E-state index contributed by atoms with van der Waals surface area (Å²) >= 11 is 0. The van der Waals surface area contributed by atoms with E-state index in [0.29, 0.717) is 11.1 Å². The Hall–Kier alpha value is -2.38. The maximum atomic E-state index is 14.6. The largest absolute Gasteiger partial charge is 0.355 e. The summed E-state index contributed by atoms with van der Waals surface area (Å²) in [5, 5.41) is 5.31. The lowest BCUT2D eigenvalue weighted by atomic mass is 9.79. The molecule has 8 heteroatoms. The second-order valence-corrected chi connectivity index (χ2v) is 10.1. The topological polar surface area (TPSA) is 75.3 Å². The number of rotatable bonds is 6. The van der Waals surface area contributed by atoms with E-state index in [-0.39, 0.29) is 62.2 Å². The number of hydrogen-bond acceptors (Lipinski definition) is 3. The highest BCUT2D eigenvalue weighted by atomic mass is 19.3. The van der Waals surface area contributed by atoms with E-state index in [0.717, 1.165) is 0 Å². The molecule has 2 N–H and O–H groups in total. The number of ketones is 1. The molecule has 0 bridgehead atoms. The molecule has 0 unspecified atom stereocenters. The average molecular weight is 453 g/mol. The second kappa shape index (κ2) is 9.24. The fourth-order valence-corrected chi connectivity index (χ4v) is 4.51. The number of benzene rings is 1. The first kappa shape index (κ1) is 24.3. The molecule has 2 amide bonds. The molecule has 1 saturated heterocycles. The second-order valence-electron chi connectivity index (χ2n) is 10.1. The van der Waals surface area contributed by atoms with E-state index in [1.54, 1.807) is 12.1 Å². The standard InChI is InChI=1S/C24H31F3N2O3/c1-23(2,3)17-5-4-14(10-18(17)25)11-19(30)21(15-6-8-24(26,27)9-7-15)29-22(32)16-12-20(31)28-13-16/h4-5,10,15-16,21H,6-9,11-13H2,1-3H3,(H,28,31)(H,29,32)/t16-,21+/m0/s1. The lowest BCUT2D eigenvalue weighted by Crippen LogP contribution is -2.50. The molecule has 32 heavy (non-hydrogen) atoms. The Bertz CT molecular complexity index is 885. The third-order valence-corrected chi connectivity index (χ3v) is 6.45. The van der Waals surface area contributed by atoms with E-state index in [1.165, 1.54) is 6.07 Å². The Balaban J connectivity index is 1.76. The van der Waals surface area contributed by atoms with Crippen LogP contribution in [0.2, 0.25) is 0 Å². The van der Waals surface area contributed by atoms with Gasteiger partial charge in [-0.1, -0.05) is 32.9 Å². The summed E-state index contributed by atoms with van der Waals surface area (Å²) in [6, 6.07) is 3.73. The van der Waals surface area contributed by atoms with Crippen LogP contribution in [0.3, 0.4) is 0 Å². The highest BCUT2D eigenvalue weighted by Gasteiger charge is 2.41. The van der Waals surface area contributed by atoms with Crippen LogP contribution in [0.4, 0.5) is 13.2 Å². The molecule has 1 heterocycles. The first-order valence-corrected chi connectivity index (χ1v) is 11.1. The molecule has 2 atom stereocenters. The fraction of sp³-hybridized carbons (Fsp3) is 0.625. The normalized spacial score (nSPS) is 22.3. The van der Waals surface area contributed by atoms with E-state index in [1.807, 2.05) is 20.8 Å². The van der Waals surface area contributed by atoms with Crippen molar-refractivity contribution in [2.24, 2.45) is 11.8 Å². The van der Waals surface area contributed by atoms with Crippen molar-refractivity contribution in [1.29, 1.82) is 0 Å². The molecule has 1 saturated carbocycles. The van der Waals surface area contributed by atoms with Crippen LogP contribution in [0.1, 0.15) is 64.0 Å². The first-order valence-electron chi connectivity index (χ1n) is 11.1. The van der Waals surface area contributed by atoms with Crippen LogP contribution in [0.25, 0.3) is 0 Å². The third kappa shape index (κ3) is 5.90. The molecule has 2 fully saturated rings. The number of carbonyl (C=O) groups excluding carboxylic acids is 3. The summed E-state index contributed by atoms with van der Waals surface area (Å²) in [6.07, 6.45) is -0.521. The van der Waals surface area contributed by atoms with Gasteiger partial charge >= 0.3 is 0 Å². The van der Waals surface area contributed by atoms with Crippen LogP contribution < -0.4 is 10.6 Å². The van der Waals surface area contributed by atoms with Crippen LogP contribution in [0.15, 0.2) is 18.2 Å². The summed E-state index contributed by atoms with van der Waals surface area (Å²) in [5.74, 6) is -5.19. The molecule has 1 aliphatic carbocycles. The smallest absolute Gasteiger partial charge is 0.248 e. The zero-order chi connectivity index (χ0) is 23.7. The molecule has 1 aromatic carbocycles. The lowest BCUT2D eigenvalue weighted by Gasteiger charge is -2.34. The molecule has 2 aliphatic rings. The number of alkyl halides is 2. The quantitative estimate of drug-likeness (QED) is 0.692. The van der Waals surface area contributed by atoms with Crippen LogP contribution in [0.5, 0.6) is 0 Å². The molecule has 3 rings (SSSR count). The van der Waals surface area contributed by atoms with Crippen molar-refractivity contribution in [2.75, 3.05) is 6.54 Å². The third-order valence-electron chi connectivity index (χ3n) is 6.45. The van der Waals surface area contributed by atoms with Crippen LogP contribution in [0, 0.1) is 17.7 Å². The van der Waals surface area contributed by atoms with Crippen molar-refractivity contribution in [3.63, 3.8) is 0 Å². The van der Waals surface area contributed by atoms with Crippen molar-refractivity contribution < 1.29 is 27.6 Å². The molecule has 0 aromatic heterocycles. The van der Waals surface area contributed by atoms with Crippen molar-refractivity contribution in [2.45, 2.75) is 76.7 Å². The van der Waals surface area contributed by atoms with Crippen molar-refractivity contribution >= 4 is 17.6 Å². The highest BCUT2D eigenvalue weighted by molar-refractivity contribution is 5.94. The summed E-state index contributed by atoms with van der Waals surface area (Å²) in [6.45, 7) is 5.86. The molecule has 0 spiro atoms. The molecule has 5 nitrogen and oxygen atoms in total. The average Bonchev–Trinajstić information content (AvgIpc) is 3.12. The van der Waals surface area contributed by atoms with Gasteiger partial charge in [0, 0.05) is 32.2 Å². The SMILES string of the molecule is CC(C)(C)c1ccc(CC(=O)[C@H](NC(=O)[C@@H]2CNC(=O)C2)C2CCC(F)(F)CC2)cc1F. The minimum atomic E-state index is -2.76. The number of carbonyl (C=O) groups is 3. The Morgan fingerprint density at radius 1 is 1.22 bits per heavy atom. The van der Waals surface area contributed by atoms with Crippen LogP contribution in [-0.4, -0.2) is 36.1 Å². The van der Waals surface area contributed by atoms with Gasteiger partial charge in [0.05, 0.1) is 12.0 Å². The molecule has 1 aromatic rings. The highest BCUT2D eigenvalue weighted by Crippen LogP contribution is 2.38. The Labute approximate surface area is 186 Å². The van der Waals surface area contributed by atoms with Gasteiger partial charge in [0.2, 0.25) is 17.7 Å². The Morgan fingerprint density at radius 3 is 2.41 bits per heavy atom. The summed E-state index contributed by atoms with van der Waals surface area (Å²) < 4.78 is 41.9. The number of Topliss-reactive ketones (excluding diaryl/α,β-unsaturated/α-hetero) is 1. The van der Waals surface area contributed by atoms with Gasteiger partial charge in [0.15, 0.2) is 5.78 Å². The predicted octanol–water partition coefficient (Wildman–Crippen LogP) is 3.68. The lowest BCUT2D eigenvalue weighted by molar-refractivity contribution is -0.132. The van der Waals surface area contributed by atoms with Gasteiger partial charge in [-0.25, -0.2) is 13.2 Å². The van der Waals surface area contributed by atoms with Crippen molar-refractivity contribution in [1.82, 2.24) is 10.6 Å². The zero-order valence-corrected chi connectivity index (χ0v) is 18.8.